The first-order chi connectivity index (χ1) is 9.63. The predicted octanol–water partition coefficient (Wildman–Crippen LogP) is 3.09. The molecule has 0 atom stereocenters. The minimum atomic E-state index is -0.0465. The molecule has 1 aromatic carbocycles. The Morgan fingerprint density at radius 3 is 2.75 bits per heavy atom. The number of hydrogen-bond donors (Lipinski definition) is 2. The lowest BCUT2D eigenvalue weighted by Gasteiger charge is -2.03. The van der Waals surface area contributed by atoms with Crippen LogP contribution in [0.15, 0.2) is 34.7 Å². The highest BCUT2D eigenvalue weighted by atomic mass is 32.2. The van der Waals surface area contributed by atoms with Crippen molar-refractivity contribution in [3.63, 3.8) is 0 Å². The summed E-state index contributed by atoms with van der Waals surface area (Å²) in [6, 6.07) is 9.72. The van der Waals surface area contributed by atoms with E-state index in [1.807, 2.05) is 44.2 Å². The van der Waals surface area contributed by atoms with Crippen LogP contribution in [-0.4, -0.2) is 27.9 Å². The van der Waals surface area contributed by atoms with Gasteiger partial charge in [0.2, 0.25) is 11.0 Å². The summed E-state index contributed by atoms with van der Waals surface area (Å²) in [5.74, 6) is 0.278. The van der Waals surface area contributed by atoms with E-state index in [-0.39, 0.29) is 5.91 Å². The zero-order valence-corrected chi connectivity index (χ0v) is 12.9. The Hall–Kier alpha value is -1.60. The van der Waals surface area contributed by atoms with E-state index < -0.39 is 0 Å². The van der Waals surface area contributed by atoms with Crippen LogP contribution in [-0.2, 0) is 4.79 Å². The van der Waals surface area contributed by atoms with Gasteiger partial charge in [-0.25, -0.2) is 0 Å². The maximum atomic E-state index is 11.8. The van der Waals surface area contributed by atoms with Gasteiger partial charge in [0.1, 0.15) is 0 Å². The Kier molecular flexibility index (Phi) is 5.37. The highest BCUT2D eigenvalue weighted by molar-refractivity contribution is 8.01. The van der Waals surface area contributed by atoms with Crippen LogP contribution < -0.4 is 10.6 Å². The first kappa shape index (κ1) is 14.8. The summed E-state index contributed by atoms with van der Waals surface area (Å²) in [6.45, 7) is 4.09. The van der Waals surface area contributed by atoms with Crippen LogP contribution in [0.5, 0.6) is 0 Å². The standard InChI is InChI=1S/C13H16N4OS2/c1-9(2)14-12-16-17-13(20-12)19-8-11(18)15-10-6-4-3-5-7-10/h3-7,9H,8H2,1-2H3,(H,14,16)(H,15,18). The molecule has 7 heteroatoms. The first-order valence-corrected chi connectivity index (χ1v) is 8.01. The number of thioether (sulfide) groups is 1. The largest absolute Gasteiger partial charge is 0.358 e. The van der Waals surface area contributed by atoms with Gasteiger partial charge in [0, 0.05) is 11.7 Å². The molecule has 2 rings (SSSR count). The Balaban J connectivity index is 1.80. The lowest BCUT2D eigenvalue weighted by Crippen LogP contribution is -2.13. The smallest absolute Gasteiger partial charge is 0.234 e. The van der Waals surface area contributed by atoms with Crippen LogP contribution in [0.25, 0.3) is 0 Å². The van der Waals surface area contributed by atoms with E-state index >= 15 is 0 Å². The average molecular weight is 308 g/mol. The number of carbonyl (C=O) groups excluding carboxylic acids is 1. The van der Waals surface area contributed by atoms with Crippen LogP contribution >= 0.6 is 23.1 Å². The molecule has 0 unspecified atom stereocenters. The van der Waals surface area contributed by atoms with E-state index in [9.17, 15) is 4.79 Å². The molecule has 0 fully saturated rings. The third-order valence-electron chi connectivity index (χ3n) is 2.20. The third-order valence-corrected chi connectivity index (χ3v) is 4.19. The molecule has 0 saturated heterocycles. The minimum absolute atomic E-state index is 0.0465. The summed E-state index contributed by atoms with van der Waals surface area (Å²) in [4.78, 5) is 11.8. The number of anilines is 2. The maximum Gasteiger partial charge on any atom is 0.234 e. The van der Waals surface area contributed by atoms with Crippen molar-refractivity contribution < 1.29 is 4.79 Å². The second-order valence-electron chi connectivity index (χ2n) is 4.38. The fraction of sp³-hybridized carbons (Fsp3) is 0.308. The monoisotopic (exact) mass is 308 g/mol. The van der Waals surface area contributed by atoms with Gasteiger partial charge in [-0.1, -0.05) is 41.3 Å². The van der Waals surface area contributed by atoms with Crippen molar-refractivity contribution in [2.75, 3.05) is 16.4 Å². The van der Waals surface area contributed by atoms with Crippen molar-refractivity contribution in [1.82, 2.24) is 10.2 Å². The zero-order chi connectivity index (χ0) is 14.4. The van der Waals surface area contributed by atoms with Crippen molar-refractivity contribution in [2.45, 2.75) is 24.2 Å². The topological polar surface area (TPSA) is 66.9 Å². The van der Waals surface area contributed by atoms with Crippen molar-refractivity contribution >= 4 is 39.8 Å². The second kappa shape index (κ2) is 7.25. The molecule has 0 saturated carbocycles. The fourth-order valence-corrected chi connectivity index (χ4v) is 3.12. The summed E-state index contributed by atoms with van der Waals surface area (Å²) in [7, 11) is 0. The average Bonchev–Trinajstić information content (AvgIpc) is 2.84. The van der Waals surface area contributed by atoms with Crippen molar-refractivity contribution in [3.05, 3.63) is 30.3 Å². The molecule has 2 N–H and O–H groups in total. The van der Waals surface area contributed by atoms with Crippen LogP contribution in [0.2, 0.25) is 0 Å². The molecule has 0 radical (unpaired) electrons. The predicted molar refractivity (Wildman–Crippen MR) is 84.5 cm³/mol. The van der Waals surface area contributed by atoms with Gasteiger partial charge < -0.3 is 10.6 Å². The van der Waals surface area contributed by atoms with E-state index in [1.165, 1.54) is 23.1 Å². The van der Waals surface area contributed by atoms with Gasteiger partial charge in [-0.05, 0) is 26.0 Å². The summed E-state index contributed by atoms with van der Waals surface area (Å²) >= 11 is 2.85. The van der Waals surface area contributed by atoms with E-state index in [1.54, 1.807) is 0 Å². The number of nitrogens with zero attached hydrogens (tertiary/aromatic N) is 2. The van der Waals surface area contributed by atoms with Gasteiger partial charge in [-0.3, -0.25) is 4.79 Å². The SMILES string of the molecule is CC(C)Nc1nnc(SCC(=O)Nc2ccccc2)s1. The normalized spacial score (nSPS) is 10.6. The number of aromatic nitrogens is 2. The quantitative estimate of drug-likeness (QED) is 0.803. The van der Waals surface area contributed by atoms with Crippen LogP contribution in [0.3, 0.4) is 0 Å². The fourth-order valence-electron chi connectivity index (χ4n) is 1.42. The van der Waals surface area contributed by atoms with E-state index in [4.69, 9.17) is 0 Å². The highest BCUT2D eigenvalue weighted by Crippen LogP contribution is 2.25. The van der Waals surface area contributed by atoms with E-state index in [2.05, 4.69) is 20.8 Å². The number of carbonyl (C=O) groups is 1. The molecule has 5 nitrogen and oxygen atoms in total. The lowest BCUT2D eigenvalue weighted by molar-refractivity contribution is -0.113. The van der Waals surface area contributed by atoms with Crippen LogP contribution in [0.4, 0.5) is 10.8 Å². The van der Waals surface area contributed by atoms with Crippen molar-refractivity contribution in [1.29, 1.82) is 0 Å². The molecule has 0 spiro atoms. The summed E-state index contributed by atoms with van der Waals surface area (Å²) < 4.78 is 0.788. The Bertz CT molecular complexity index is 557. The third kappa shape index (κ3) is 4.82. The number of para-hydroxylation sites is 1. The van der Waals surface area contributed by atoms with E-state index in [0.717, 1.165) is 15.2 Å². The number of benzene rings is 1. The van der Waals surface area contributed by atoms with Gasteiger partial charge >= 0.3 is 0 Å². The molecule has 0 bridgehead atoms. The van der Waals surface area contributed by atoms with Gasteiger partial charge in [-0.15, -0.1) is 10.2 Å². The van der Waals surface area contributed by atoms with Crippen LogP contribution in [0, 0.1) is 0 Å². The number of rotatable bonds is 6. The van der Waals surface area contributed by atoms with Crippen molar-refractivity contribution in [3.8, 4) is 0 Å². The number of hydrogen-bond acceptors (Lipinski definition) is 6. The molecular formula is C13H16N4OS2. The van der Waals surface area contributed by atoms with Gasteiger partial charge in [0.25, 0.3) is 0 Å². The molecule has 0 aliphatic rings. The summed E-state index contributed by atoms with van der Waals surface area (Å²) in [5, 5.41) is 14.9. The van der Waals surface area contributed by atoms with Gasteiger partial charge in [0.15, 0.2) is 4.34 Å². The van der Waals surface area contributed by atoms with Gasteiger partial charge in [0.05, 0.1) is 5.75 Å². The molecule has 20 heavy (non-hydrogen) atoms. The molecule has 0 aliphatic heterocycles. The molecule has 1 amide bonds. The molecule has 2 aromatic rings. The van der Waals surface area contributed by atoms with E-state index in [0.29, 0.717) is 11.8 Å². The maximum absolute atomic E-state index is 11.8. The Morgan fingerprint density at radius 2 is 2.05 bits per heavy atom. The Labute approximate surface area is 126 Å². The molecule has 1 heterocycles. The molecule has 106 valence electrons. The zero-order valence-electron chi connectivity index (χ0n) is 11.3. The highest BCUT2D eigenvalue weighted by Gasteiger charge is 2.08. The van der Waals surface area contributed by atoms with Gasteiger partial charge in [-0.2, -0.15) is 0 Å². The first-order valence-electron chi connectivity index (χ1n) is 6.21. The summed E-state index contributed by atoms with van der Waals surface area (Å²) in [5.41, 5.74) is 0.803. The number of amides is 1. The molecular weight excluding hydrogens is 292 g/mol. The minimum Gasteiger partial charge on any atom is -0.358 e. The van der Waals surface area contributed by atoms with Crippen molar-refractivity contribution in [2.24, 2.45) is 0 Å². The molecule has 0 aliphatic carbocycles. The number of nitrogens with one attached hydrogen (secondary N) is 2. The molecule has 1 aromatic heterocycles. The second-order valence-corrected chi connectivity index (χ2v) is 6.58. The lowest BCUT2D eigenvalue weighted by atomic mass is 10.3. The van der Waals surface area contributed by atoms with Crippen LogP contribution in [0.1, 0.15) is 13.8 Å². The Morgan fingerprint density at radius 1 is 1.30 bits per heavy atom. The summed E-state index contributed by atoms with van der Waals surface area (Å²) in [6.07, 6.45) is 0.